The van der Waals surface area contributed by atoms with E-state index in [4.69, 9.17) is 9.47 Å². The number of amides is 1. The number of β-lactam (4-membered cyclic amide) rings is 1. The van der Waals surface area contributed by atoms with Gasteiger partial charge in [-0.3, -0.25) is 9.69 Å². The molecule has 2 unspecified atom stereocenters. The average molecular weight is 337 g/mol. The summed E-state index contributed by atoms with van der Waals surface area (Å²) in [5.74, 6) is -1.43. The number of aliphatic carboxylic acids is 1. The van der Waals surface area contributed by atoms with Gasteiger partial charge in [-0.2, -0.15) is 0 Å². The van der Waals surface area contributed by atoms with Gasteiger partial charge in [0.1, 0.15) is 0 Å². The zero-order valence-corrected chi connectivity index (χ0v) is 15.9. The van der Waals surface area contributed by atoms with Crippen molar-refractivity contribution in [3.63, 3.8) is 0 Å². The zero-order valence-electron chi connectivity index (χ0n) is 12.0. The Hall–Kier alpha value is 0.586. The molecule has 2 saturated heterocycles. The molecular weight excluding hydrogens is 321 g/mol. The van der Waals surface area contributed by atoms with E-state index in [1.165, 1.54) is 16.7 Å². The summed E-state index contributed by atoms with van der Waals surface area (Å²) < 4.78 is 11.1. The average Bonchev–Trinajstić information content (AvgIpc) is 2.73. The topological polar surface area (TPSA) is 78.9 Å². The summed E-state index contributed by atoms with van der Waals surface area (Å²) in [7, 11) is 0. The van der Waals surface area contributed by atoms with E-state index in [9.17, 15) is 14.7 Å². The Morgan fingerprint density at radius 1 is 1.48 bits per heavy atom. The van der Waals surface area contributed by atoms with Gasteiger partial charge in [-0.1, -0.05) is 0 Å². The van der Waals surface area contributed by atoms with Crippen molar-refractivity contribution in [3.8, 4) is 0 Å². The number of carbonyl (C=O) groups is 2. The van der Waals surface area contributed by atoms with Crippen LogP contribution in [0.2, 0.25) is 0 Å². The first-order valence-electron chi connectivity index (χ1n) is 6.83. The van der Waals surface area contributed by atoms with Crippen LogP contribution >= 0.6 is 11.8 Å². The maximum atomic E-state index is 11.4. The molecule has 8 heteroatoms. The number of hydrogen-bond acceptors (Lipinski definition) is 6. The standard InChI is InChI=1S/C13H17NO5S.K/c15-9-7-10-14(9)12(13(16)17)8(20-10)4-6-19-11-3-1-2-5-18-11;/h10-11H,1-7H2,(H,16,17);/q;+1/p-1. The Morgan fingerprint density at radius 3 is 2.90 bits per heavy atom. The molecule has 3 aliphatic heterocycles. The van der Waals surface area contributed by atoms with Gasteiger partial charge in [-0.15, -0.1) is 11.8 Å². The first kappa shape index (κ1) is 17.9. The van der Waals surface area contributed by atoms with Crippen LogP contribution in [0.5, 0.6) is 0 Å². The van der Waals surface area contributed by atoms with E-state index in [-0.39, 0.29) is 74.7 Å². The Kier molecular flexibility index (Phi) is 6.76. The third-order valence-electron chi connectivity index (χ3n) is 3.65. The minimum absolute atomic E-state index is 0. The summed E-state index contributed by atoms with van der Waals surface area (Å²) in [4.78, 5) is 24.6. The largest absolute Gasteiger partial charge is 1.00 e. The van der Waals surface area contributed by atoms with E-state index in [0.717, 1.165) is 25.9 Å². The summed E-state index contributed by atoms with van der Waals surface area (Å²) in [5, 5.41) is 11.1. The second-order valence-corrected chi connectivity index (χ2v) is 6.29. The maximum absolute atomic E-state index is 11.4. The third-order valence-corrected chi connectivity index (χ3v) is 4.98. The van der Waals surface area contributed by atoms with Crippen molar-refractivity contribution in [1.29, 1.82) is 0 Å². The fraction of sp³-hybridized carbons (Fsp3) is 0.692. The summed E-state index contributed by atoms with van der Waals surface area (Å²) in [6, 6.07) is 0. The minimum atomic E-state index is -1.28. The Labute approximate surface area is 170 Å². The van der Waals surface area contributed by atoms with E-state index < -0.39 is 5.97 Å². The van der Waals surface area contributed by atoms with Crippen molar-refractivity contribution in [2.45, 2.75) is 43.8 Å². The predicted octanol–water partition coefficient (Wildman–Crippen LogP) is -2.81. The number of rotatable bonds is 5. The summed E-state index contributed by atoms with van der Waals surface area (Å²) in [6.07, 6.45) is 3.74. The first-order valence-corrected chi connectivity index (χ1v) is 7.71. The van der Waals surface area contributed by atoms with Crippen LogP contribution < -0.4 is 56.5 Å². The quantitative estimate of drug-likeness (QED) is 0.398. The fourth-order valence-corrected chi connectivity index (χ4v) is 4.00. The van der Waals surface area contributed by atoms with Gasteiger partial charge < -0.3 is 19.4 Å². The number of ether oxygens (including phenoxy) is 2. The predicted molar refractivity (Wildman–Crippen MR) is 69.0 cm³/mol. The number of carbonyl (C=O) groups excluding carboxylic acids is 2. The second kappa shape index (κ2) is 7.92. The molecule has 0 N–H and O–H groups in total. The van der Waals surface area contributed by atoms with Crippen LogP contribution in [0.3, 0.4) is 0 Å². The zero-order chi connectivity index (χ0) is 14.1. The number of nitrogens with zero attached hydrogens (tertiary/aromatic N) is 1. The van der Waals surface area contributed by atoms with Crippen molar-refractivity contribution in [2.75, 3.05) is 13.2 Å². The molecule has 2 fully saturated rings. The van der Waals surface area contributed by atoms with Crippen molar-refractivity contribution >= 4 is 23.6 Å². The number of carboxylic acids is 1. The van der Waals surface area contributed by atoms with Gasteiger partial charge in [0, 0.05) is 17.9 Å². The van der Waals surface area contributed by atoms with Crippen LogP contribution in [0, 0.1) is 0 Å². The first-order chi connectivity index (χ1) is 9.66. The van der Waals surface area contributed by atoms with Gasteiger partial charge in [-0.25, -0.2) is 0 Å². The molecule has 0 spiro atoms. The maximum Gasteiger partial charge on any atom is 1.00 e. The summed E-state index contributed by atoms with van der Waals surface area (Å²) >= 11 is 1.43. The molecule has 0 aromatic heterocycles. The van der Waals surface area contributed by atoms with Gasteiger partial charge in [-0.05, 0) is 19.3 Å². The van der Waals surface area contributed by atoms with Gasteiger partial charge in [0.05, 0.1) is 30.1 Å². The van der Waals surface area contributed by atoms with Gasteiger partial charge in [0.15, 0.2) is 6.29 Å². The Bertz CT molecular complexity index is 463. The molecule has 3 heterocycles. The molecular formula is C13H16KNO5S. The molecule has 0 aromatic carbocycles. The molecule has 110 valence electrons. The van der Waals surface area contributed by atoms with Crippen LogP contribution in [-0.2, 0) is 19.1 Å². The molecule has 3 rings (SSSR count). The van der Waals surface area contributed by atoms with Crippen LogP contribution in [0.15, 0.2) is 10.6 Å². The molecule has 1 amide bonds. The normalized spacial score (nSPS) is 28.0. The van der Waals surface area contributed by atoms with Crippen LogP contribution in [0.4, 0.5) is 0 Å². The molecule has 0 bridgehead atoms. The van der Waals surface area contributed by atoms with Crippen molar-refractivity contribution in [3.05, 3.63) is 10.6 Å². The van der Waals surface area contributed by atoms with Gasteiger partial charge in [0.25, 0.3) is 0 Å². The minimum Gasteiger partial charge on any atom is -0.543 e. The smallest absolute Gasteiger partial charge is 0.543 e. The molecule has 0 aliphatic carbocycles. The number of fused-ring (bicyclic) bond motifs is 1. The Balaban J connectivity index is 0.00000161. The van der Waals surface area contributed by atoms with Crippen molar-refractivity contribution in [1.82, 2.24) is 4.90 Å². The SMILES string of the molecule is O=C([O-])C1=C(CCOC2CCCCO2)SC2CC(=O)N12.[K+]. The molecule has 0 aromatic rings. The second-order valence-electron chi connectivity index (χ2n) is 5.02. The molecule has 21 heavy (non-hydrogen) atoms. The number of hydrogen-bond donors (Lipinski definition) is 0. The van der Waals surface area contributed by atoms with E-state index in [2.05, 4.69) is 0 Å². The van der Waals surface area contributed by atoms with Gasteiger partial charge in [0.2, 0.25) is 5.91 Å². The molecule has 0 radical (unpaired) electrons. The van der Waals surface area contributed by atoms with Crippen LogP contribution in [0.1, 0.15) is 32.1 Å². The fourth-order valence-electron chi connectivity index (χ4n) is 2.62. The van der Waals surface area contributed by atoms with E-state index in [0.29, 0.717) is 24.4 Å². The number of carboxylic acid groups (broad SMARTS) is 1. The van der Waals surface area contributed by atoms with Crippen LogP contribution in [0.25, 0.3) is 0 Å². The Morgan fingerprint density at radius 2 is 2.29 bits per heavy atom. The molecule has 2 atom stereocenters. The van der Waals surface area contributed by atoms with Gasteiger partial charge >= 0.3 is 51.4 Å². The monoisotopic (exact) mass is 337 g/mol. The molecule has 3 aliphatic rings. The van der Waals surface area contributed by atoms with Crippen molar-refractivity contribution < 1.29 is 75.6 Å². The van der Waals surface area contributed by atoms with E-state index in [1.54, 1.807) is 0 Å². The number of thioether (sulfide) groups is 1. The summed E-state index contributed by atoms with van der Waals surface area (Å²) in [6.45, 7) is 1.12. The van der Waals surface area contributed by atoms with E-state index >= 15 is 0 Å². The van der Waals surface area contributed by atoms with E-state index in [1.807, 2.05) is 0 Å². The van der Waals surface area contributed by atoms with Crippen molar-refractivity contribution in [2.24, 2.45) is 0 Å². The van der Waals surface area contributed by atoms with Crippen LogP contribution in [-0.4, -0.2) is 41.7 Å². The molecule has 0 saturated carbocycles. The summed E-state index contributed by atoms with van der Waals surface area (Å²) in [5.41, 5.74) is 0.0319. The third kappa shape index (κ3) is 3.92. The molecule has 6 nitrogen and oxygen atoms in total.